The van der Waals surface area contributed by atoms with E-state index in [9.17, 15) is 18.8 Å². The molecule has 1 aromatic rings. The van der Waals surface area contributed by atoms with Crippen LogP contribution >= 0.6 is 11.8 Å². The molecular formula is C20H23FN2O3S. The Bertz CT molecular complexity index is 760. The molecule has 0 spiro atoms. The van der Waals surface area contributed by atoms with Gasteiger partial charge in [-0.3, -0.25) is 19.3 Å². The molecule has 27 heavy (non-hydrogen) atoms. The van der Waals surface area contributed by atoms with Crippen LogP contribution in [0.15, 0.2) is 23.1 Å². The molecule has 1 saturated carbocycles. The smallest absolute Gasteiger partial charge is 0.233 e. The third-order valence-corrected chi connectivity index (χ3v) is 6.96. The van der Waals surface area contributed by atoms with E-state index in [1.165, 1.54) is 17.0 Å². The summed E-state index contributed by atoms with van der Waals surface area (Å²) in [5.41, 5.74) is 0.805. The van der Waals surface area contributed by atoms with Crippen LogP contribution in [0.4, 0.5) is 4.39 Å². The number of nitrogens with one attached hydrogen (secondary N) is 1. The molecule has 0 unspecified atom stereocenters. The minimum absolute atomic E-state index is 0.0885. The quantitative estimate of drug-likeness (QED) is 0.803. The molecule has 4 rings (SSSR count). The number of hydrogen-bond donors (Lipinski definition) is 1. The van der Waals surface area contributed by atoms with Crippen LogP contribution < -0.4 is 5.32 Å². The first kappa shape index (κ1) is 18.5. The lowest BCUT2D eigenvalue weighted by Crippen LogP contribution is -2.37. The maximum absolute atomic E-state index is 13.6. The molecule has 0 aromatic heterocycles. The maximum Gasteiger partial charge on any atom is 0.233 e. The van der Waals surface area contributed by atoms with Crippen molar-refractivity contribution in [3.8, 4) is 0 Å². The van der Waals surface area contributed by atoms with Crippen molar-refractivity contribution in [3.63, 3.8) is 0 Å². The molecule has 1 N–H and O–H groups in total. The summed E-state index contributed by atoms with van der Waals surface area (Å²) in [6.07, 6.45) is 4.36. The predicted molar refractivity (Wildman–Crippen MR) is 99.4 cm³/mol. The lowest BCUT2D eigenvalue weighted by molar-refractivity contribution is -0.140. The number of fused-ring (bicyclic) bond motifs is 2. The van der Waals surface area contributed by atoms with E-state index in [0.29, 0.717) is 0 Å². The van der Waals surface area contributed by atoms with Gasteiger partial charge in [-0.25, -0.2) is 4.39 Å². The number of carbonyl (C=O) groups excluding carboxylic acids is 3. The average molecular weight is 390 g/mol. The first-order chi connectivity index (χ1) is 13.0. The highest BCUT2D eigenvalue weighted by molar-refractivity contribution is 7.99. The van der Waals surface area contributed by atoms with E-state index in [1.54, 1.807) is 17.8 Å². The van der Waals surface area contributed by atoms with E-state index in [0.717, 1.165) is 48.3 Å². The van der Waals surface area contributed by atoms with Crippen LogP contribution in [0.5, 0.6) is 0 Å². The second-order valence-electron chi connectivity index (χ2n) is 7.51. The molecule has 3 aliphatic rings. The Hall–Kier alpha value is -1.89. The van der Waals surface area contributed by atoms with Crippen molar-refractivity contribution in [1.29, 1.82) is 0 Å². The normalized spacial score (nSPS) is 27.3. The van der Waals surface area contributed by atoms with Crippen LogP contribution in [-0.2, 0) is 14.4 Å². The van der Waals surface area contributed by atoms with E-state index in [2.05, 4.69) is 5.32 Å². The predicted octanol–water partition coefficient (Wildman–Crippen LogP) is 3.04. The number of amides is 3. The molecule has 2 aliphatic heterocycles. The fourth-order valence-corrected chi connectivity index (χ4v) is 5.55. The summed E-state index contributed by atoms with van der Waals surface area (Å²) in [4.78, 5) is 39.7. The van der Waals surface area contributed by atoms with Crippen molar-refractivity contribution in [1.82, 2.24) is 10.2 Å². The number of nitrogens with zero attached hydrogens (tertiary/aromatic N) is 1. The summed E-state index contributed by atoms with van der Waals surface area (Å²) < 4.78 is 13.6. The van der Waals surface area contributed by atoms with Crippen molar-refractivity contribution in [2.75, 3.05) is 12.3 Å². The number of likely N-dealkylation sites (tertiary alicyclic amines) is 1. The summed E-state index contributed by atoms with van der Waals surface area (Å²) in [6.45, 7) is 0.133. The Kier molecular flexibility index (Phi) is 5.21. The van der Waals surface area contributed by atoms with Crippen molar-refractivity contribution >= 4 is 29.5 Å². The highest BCUT2D eigenvalue weighted by Crippen LogP contribution is 2.38. The van der Waals surface area contributed by atoms with E-state index in [-0.39, 0.29) is 54.4 Å². The highest BCUT2D eigenvalue weighted by Gasteiger charge is 2.47. The Labute approximate surface area is 162 Å². The van der Waals surface area contributed by atoms with Gasteiger partial charge in [0.05, 0.1) is 17.9 Å². The minimum atomic E-state index is -0.314. The Morgan fingerprint density at radius 2 is 1.85 bits per heavy atom. The van der Waals surface area contributed by atoms with Gasteiger partial charge in [0.25, 0.3) is 0 Å². The van der Waals surface area contributed by atoms with Crippen LogP contribution in [0.1, 0.15) is 50.1 Å². The lowest BCUT2D eigenvalue weighted by atomic mass is 9.81. The molecule has 3 atom stereocenters. The largest absolute Gasteiger partial charge is 0.349 e. The topological polar surface area (TPSA) is 66.5 Å². The van der Waals surface area contributed by atoms with Gasteiger partial charge in [-0.2, -0.15) is 0 Å². The van der Waals surface area contributed by atoms with Gasteiger partial charge in [-0.15, -0.1) is 11.8 Å². The minimum Gasteiger partial charge on any atom is -0.349 e. The molecule has 1 saturated heterocycles. The van der Waals surface area contributed by atoms with Gasteiger partial charge >= 0.3 is 0 Å². The molecule has 2 heterocycles. The fraction of sp³-hybridized carbons (Fsp3) is 0.550. The third-order valence-electron chi connectivity index (χ3n) is 5.84. The number of hydrogen-bond acceptors (Lipinski definition) is 4. The highest BCUT2D eigenvalue weighted by atomic mass is 32.2. The molecule has 5 nitrogen and oxygen atoms in total. The molecule has 2 fully saturated rings. The van der Waals surface area contributed by atoms with E-state index in [1.807, 2.05) is 0 Å². The molecule has 0 radical (unpaired) electrons. The van der Waals surface area contributed by atoms with Crippen molar-refractivity contribution in [3.05, 3.63) is 29.6 Å². The summed E-state index contributed by atoms with van der Waals surface area (Å²) in [5.74, 6) is -0.253. The zero-order chi connectivity index (χ0) is 19.0. The van der Waals surface area contributed by atoms with Crippen LogP contribution in [0.25, 0.3) is 0 Å². The zero-order valence-corrected chi connectivity index (χ0v) is 15.9. The maximum atomic E-state index is 13.6. The molecular weight excluding hydrogens is 367 g/mol. The summed E-state index contributed by atoms with van der Waals surface area (Å²) >= 11 is 1.66. The number of carbonyl (C=O) groups is 3. The number of thioether (sulfide) groups is 1. The SMILES string of the molecule is O=C(CCN1C(=O)[C@H]2CCCC[C@H]2C1=O)N[C@H]1CCSc2ccc(F)cc21. The van der Waals surface area contributed by atoms with Gasteiger partial charge in [0.1, 0.15) is 5.82 Å². The van der Waals surface area contributed by atoms with Crippen LogP contribution in [-0.4, -0.2) is 34.9 Å². The van der Waals surface area contributed by atoms with Crippen LogP contribution in [0, 0.1) is 17.7 Å². The number of halogens is 1. The molecule has 144 valence electrons. The lowest BCUT2D eigenvalue weighted by Gasteiger charge is -2.26. The van der Waals surface area contributed by atoms with Gasteiger partial charge in [-0.1, -0.05) is 12.8 Å². The third kappa shape index (κ3) is 3.61. The van der Waals surface area contributed by atoms with E-state index >= 15 is 0 Å². The summed E-state index contributed by atoms with van der Waals surface area (Å²) in [5, 5.41) is 2.95. The molecule has 1 aromatic carbocycles. The zero-order valence-electron chi connectivity index (χ0n) is 15.1. The Morgan fingerprint density at radius 3 is 2.56 bits per heavy atom. The molecule has 7 heteroatoms. The summed E-state index contributed by atoms with van der Waals surface area (Å²) in [7, 11) is 0. The van der Waals surface area contributed by atoms with Crippen molar-refractivity contribution in [2.24, 2.45) is 11.8 Å². The van der Waals surface area contributed by atoms with E-state index < -0.39 is 0 Å². The van der Waals surface area contributed by atoms with Gasteiger partial charge in [-0.05, 0) is 43.0 Å². The van der Waals surface area contributed by atoms with E-state index in [4.69, 9.17) is 0 Å². The van der Waals surface area contributed by atoms with Crippen LogP contribution in [0.2, 0.25) is 0 Å². The standard InChI is InChI=1S/C20H23FN2O3S/c21-12-5-6-17-15(11-12)16(8-10-27-17)22-18(24)7-9-23-19(25)13-3-1-2-4-14(13)20(23)26/h5-6,11,13-14,16H,1-4,7-10H2,(H,22,24)/t13-,14+,16-/m0/s1. The second kappa shape index (κ2) is 7.62. The van der Waals surface area contributed by atoms with Gasteiger partial charge in [0.15, 0.2) is 0 Å². The van der Waals surface area contributed by atoms with Crippen molar-refractivity contribution in [2.45, 2.75) is 49.5 Å². The summed E-state index contributed by atoms with van der Waals surface area (Å²) in [6, 6.07) is 4.43. The van der Waals surface area contributed by atoms with Crippen molar-refractivity contribution < 1.29 is 18.8 Å². The van der Waals surface area contributed by atoms with Crippen LogP contribution in [0.3, 0.4) is 0 Å². The number of imide groups is 1. The van der Waals surface area contributed by atoms with Gasteiger partial charge in [0, 0.05) is 23.6 Å². The first-order valence-electron chi connectivity index (χ1n) is 9.61. The fourth-order valence-electron chi connectivity index (χ4n) is 4.45. The molecule has 1 aliphatic carbocycles. The number of benzene rings is 1. The monoisotopic (exact) mass is 390 g/mol. The van der Waals surface area contributed by atoms with Gasteiger partial charge in [0.2, 0.25) is 17.7 Å². The van der Waals surface area contributed by atoms with Gasteiger partial charge < -0.3 is 5.32 Å². The molecule has 0 bridgehead atoms. The Balaban J connectivity index is 1.36. The first-order valence-corrected chi connectivity index (χ1v) is 10.6. The average Bonchev–Trinajstić information content (AvgIpc) is 2.91. The Morgan fingerprint density at radius 1 is 1.15 bits per heavy atom. The second-order valence-corrected chi connectivity index (χ2v) is 8.65. The molecule has 3 amide bonds. The number of rotatable bonds is 4.